The second-order valence-corrected chi connectivity index (χ2v) is 5.26. The third kappa shape index (κ3) is 3.19. The van der Waals surface area contributed by atoms with E-state index in [1.165, 1.54) is 21.3 Å². The number of nitrogens with zero attached hydrogens (tertiary/aromatic N) is 2. The molecule has 3 rings (SSSR count). The van der Waals surface area contributed by atoms with Gasteiger partial charge in [-0.05, 0) is 30.3 Å². The van der Waals surface area contributed by atoms with E-state index >= 15 is 0 Å². The molecule has 0 N–H and O–H groups in total. The number of methoxy groups -OCH3 is 3. The summed E-state index contributed by atoms with van der Waals surface area (Å²) in [6.07, 6.45) is 7.02. The Kier molecular flexibility index (Phi) is 4.70. The summed E-state index contributed by atoms with van der Waals surface area (Å²) in [6.45, 7) is 0. The van der Waals surface area contributed by atoms with Crippen LogP contribution in [0, 0.1) is 0 Å². The molecule has 0 bridgehead atoms. The highest BCUT2D eigenvalue weighted by Gasteiger charge is 2.18. The van der Waals surface area contributed by atoms with E-state index in [1.807, 2.05) is 22.9 Å². The zero-order valence-corrected chi connectivity index (χ0v) is 14.2. The monoisotopic (exact) mass is 338 g/mol. The Morgan fingerprint density at radius 3 is 2.12 bits per heavy atom. The summed E-state index contributed by atoms with van der Waals surface area (Å²) >= 11 is 0. The van der Waals surface area contributed by atoms with Crippen molar-refractivity contribution in [3.05, 3.63) is 66.2 Å². The molecule has 0 unspecified atom stereocenters. The fraction of sp³-hybridized carbons (Fsp3) is 0.158. The summed E-state index contributed by atoms with van der Waals surface area (Å²) in [5, 5.41) is 0. The van der Waals surface area contributed by atoms with Gasteiger partial charge in [0, 0.05) is 41.6 Å². The van der Waals surface area contributed by atoms with E-state index < -0.39 is 0 Å². The molecule has 0 radical (unpaired) electrons. The van der Waals surface area contributed by atoms with E-state index in [2.05, 4.69) is 4.98 Å². The molecule has 3 aromatic rings. The Labute approximate surface area is 145 Å². The predicted octanol–water partition coefficient (Wildman–Crippen LogP) is 3.13. The van der Waals surface area contributed by atoms with E-state index in [0.29, 0.717) is 28.4 Å². The van der Waals surface area contributed by atoms with Gasteiger partial charge in [-0.25, -0.2) is 0 Å². The summed E-state index contributed by atoms with van der Waals surface area (Å²) < 4.78 is 17.8. The summed E-state index contributed by atoms with van der Waals surface area (Å²) in [5.74, 6) is 1.21. The van der Waals surface area contributed by atoms with Crippen molar-refractivity contribution < 1.29 is 19.0 Å². The van der Waals surface area contributed by atoms with Crippen LogP contribution >= 0.6 is 0 Å². The number of hydrogen-bond acceptors (Lipinski definition) is 5. The van der Waals surface area contributed by atoms with Crippen molar-refractivity contribution in [1.82, 2.24) is 9.55 Å². The van der Waals surface area contributed by atoms with Gasteiger partial charge in [-0.2, -0.15) is 0 Å². The van der Waals surface area contributed by atoms with Crippen LogP contribution in [0.5, 0.6) is 17.2 Å². The van der Waals surface area contributed by atoms with Crippen LogP contribution in [0.2, 0.25) is 0 Å². The van der Waals surface area contributed by atoms with Crippen molar-refractivity contribution in [1.29, 1.82) is 0 Å². The van der Waals surface area contributed by atoms with E-state index in [1.54, 1.807) is 36.8 Å². The molecule has 6 nitrogen and oxygen atoms in total. The van der Waals surface area contributed by atoms with E-state index in [4.69, 9.17) is 14.2 Å². The standard InChI is InChI=1S/C19H18N2O4/c1-23-16-10-14(11-17(24-2)19(16)25-3)18(22)13-6-9-21(12-13)15-4-7-20-8-5-15/h4-12H,1-3H3. The fourth-order valence-electron chi connectivity index (χ4n) is 2.59. The number of aromatic nitrogens is 2. The number of hydrogen-bond donors (Lipinski definition) is 0. The lowest BCUT2D eigenvalue weighted by molar-refractivity contribution is 0.103. The van der Waals surface area contributed by atoms with Gasteiger partial charge in [0.2, 0.25) is 5.75 Å². The number of ether oxygens (including phenoxy) is 3. The molecule has 128 valence electrons. The third-order valence-electron chi connectivity index (χ3n) is 3.84. The molecule has 2 aromatic heterocycles. The maximum absolute atomic E-state index is 12.8. The topological polar surface area (TPSA) is 62.6 Å². The fourth-order valence-corrected chi connectivity index (χ4v) is 2.59. The lowest BCUT2D eigenvalue weighted by Gasteiger charge is -2.13. The van der Waals surface area contributed by atoms with Crippen molar-refractivity contribution in [2.24, 2.45) is 0 Å². The molecule has 0 saturated heterocycles. The van der Waals surface area contributed by atoms with E-state index in [0.717, 1.165) is 5.69 Å². The largest absolute Gasteiger partial charge is 0.493 e. The quantitative estimate of drug-likeness (QED) is 0.646. The van der Waals surface area contributed by atoms with Crippen LogP contribution < -0.4 is 14.2 Å². The number of rotatable bonds is 6. The minimum atomic E-state index is -0.132. The van der Waals surface area contributed by atoms with E-state index in [9.17, 15) is 4.79 Å². The third-order valence-corrected chi connectivity index (χ3v) is 3.84. The van der Waals surface area contributed by atoms with Gasteiger partial charge in [0.15, 0.2) is 17.3 Å². The van der Waals surface area contributed by atoms with E-state index in [-0.39, 0.29) is 5.78 Å². The van der Waals surface area contributed by atoms with Crippen LogP contribution in [0.25, 0.3) is 5.69 Å². The average molecular weight is 338 g/mol. The molecule has 0 saturated carbocycles. The van der Waals surface area contributed by atoms with Crippen molar-refractivity contribution in [2.75, 3.05) is 21.3 Å². The Balaban J connectivity index is 1.97. The molecule has 2 heterocycles. The van der Waals surface area contributed by atoms with Crippen molar-refractivity contribution >= 4 is 5.78 Å². The first-order valence-corrected chi connectivity index (χ1v) is 7.61. The lowest BCUT2D eigenvalue weighted by atomic mass is 10.0. The number of carbonyl (C=O) groups excluding carboxylic acids is 1. The van der Waals surface area contributed by atoms with Crippen LogP contribution in [-0.4, -0.2) is 36.7 Å². The molecule has 0 spiro atoms. The Bertz CT molecular complexity index is 862. The second kappa shape index (κ2) is 7.09. The summed E-state index contributed by atoms with van der Waals surface area (Å²) in [4.78, 5) is 16.8. The molecular formula is C19H18N2O4. The smallest absolute Gasteiger partial charge is 0.203 e. The molecule has 0 aliphatic heterocycles. The van der Waals surface area contributed by atoms with Gasteiger partial charge >= 0.3 is 0 Å². The molecule has 0 aliphatic carbocycles. The van der Waals surface area contributed by atoms with Gasteiger partial charge in [0.25, 0.3) is 0 Å². The number of pyridine rings is 1. The zero-order valence-electron chi connectivity index (χ0n) is 14.2. The normalized spacial score (nSPS) is 10.4. The lowest BCUT2D eigenvalue weighted by Crippen LogP contribution is -2.03. The Morgan fingerprint density at radius 2 is 1.56 bits per heavy atom. The molecule has 6 heteroatoms. The molecule has 0 amide bonds. The minimum Gasteiger partial charge on any atom is -0.493 e. The van der Waals surface area contributed by atoms with Crippen LogP contribution in [-0.2, 0) is 0 Å². The van der Waals surface area contributed by atoms with Crippen LogP contribution in [0.1, 0.15) is 15.9 Å². The summed E-state index contributed by atoms with van der Waals surface area (Å²) in [6, 6.07) is 8.80. The summed E-state index contributed by atoms with van der Waals surface area (Å²) in [7, 11) is 4.56. The molecule has 0 fully saturated rings. The first-order chi connectivity index (χ1) is 12.2. The molecule has 0 aliphatic rings. The van der Waals surface area contributed by atoms with Crippen molar-refractivity contribution in [2.45, 2.75) is 0 Å². The maximum Gasteiger partial charge on any atom is 0.203 e. The van der Waals surface area contributed by atoms with Crippen LogP contribution in [0.15, 0.2) is 55.1 Å². The highest BCUT2D eigenvalue weighted by atomic mass is 16.5. The first-order valence-electron chi connectivity index (χ1n) is 7.61. The highest BCUT2D eigenvalue weighted by molar-refractivity contribution is 6.09. The second-order valence-electron chi connectivity index (χ2n) is 5.26. The minimum absolute atomic E-state index is 0.132. The SMILES string of the molecule is COc1cc(C(=O)c2ccn(-c3ccncc3)c2)cc(OC)c1OC. The first kappa shape index (κ1) is 16.6. The Hall–Kier alpha value is -3.28. The van der Waals surface area contributed by atoms with Crippen molar-refractivity contribution in [3.63, 3.8) is 0 Å². The molecule has 0 atom stereocenters. The molecular weight excluding hydrogens is 320 g/mol. The highest BCUT2D eigenvalue weighted by Crippen LogP contribution is 2.38. The van der Waals surface area contributed by atoms with Gasteiger partial charge in [-0.3, -0.25) is 9.78 Å². The van der Waals surface area contributed by atoms with Gasteiger partial charge in [-0.15, -0.1) is 0 Å². The maximum atomic E-state index is 12.8. The molecule has 25 heavy (non-hydrogen) atoms. The van der Waals surface area contributed by atoms with Gasteiger partial charge in [0.05, 0.1) is 21.3 Å². The van der Waals surface area contributed by atoms with Gasteiger partial charge < -0.3 is 18.8 Å². The Morgan fingerprint density at radius 1 is 0.920 bits per heavy atom. The summed E-state index contributed by atoms with van der Waals surface area (Å²) in [5.41, 5.74) is 1.95. The van der Waals surface area contributed by atoms with Crippen LogP contribution in [0.3, 0.4) is 0 Å². The number of benzene rings is 1. The molecule has 1 aromatic carbocycles. The van der Waals surface area contributed by atoms with Gasteiger partial charge in [0.1, 0.15) is 0 Å². The number of carbonyl (C=O) groups is 1. The number of ketones is 1. The van der Waals surface area contributed by atoms with Gasteiger partial charge in [-0.1, -0.05) is 0 Å². The predicted molar refractivity (Wildman–Crippen MR) is 93.1 cm³/mol. The van der Waals surface area contributed by atoms with Crippen LogP contribution in [0.4, 0.5) is 0 Å². The van der Waals surface area contributed by atoms with Crippen molar-refractivity contribution in [3.8, 4) is 22.9 Å². The average Bonchev–Trinajstić information content (AvgIpc) is 3.17. The zero-order chi connectivity index (χ0) is 17.8.